The van der Waals surface area contributed by atoms with Crippen molar-refractivity contribution in [1.82, 2.24) is 10.2 Å². The number of nitrogens with zero attached hydrogens (tertiary/aromatic N) is 2. The van der Waals surface area contributed by atoms with Gasteiger partial charge in [0, 0.05) is 41.9 Å². The number of hydrogen-bond acceptors (Lipinski definition) is 3. The first-order chi connectivity index (χ1) is 9.95. The SMILES string of the molecule is CCN(CCCN(C)C)c1cccc(Cl)c1CNC(C)C. The van der Waals surface area contributed by atoms with Crippen molar-refractivity contribution in [1.29, 1.82) is 0 Å². The summed E-state index contributed by atoms with van der Waals surface area (Å²) in [6.45, 7) is 10.5. The maximum absolute atomic E-state index is 6.42. The molecule has 0 aliphatic carbocycles. The summed E-state index contributed by atoms with van der Waals surface area (Å²) in [6.07, 6.45) is 1.16. The fourth-order valence-electron chi connectivity index (χ4n) is 2.35. The molecular formula is C17H30ClN3. The fourth-order valence-corrected chi connectivity index (χ4v) is 2.59. The lowest BCUT2D eigenvalue weighted by molar-refractivity contribution is 0.400. The molecule has 0 bridgehead atoms. The van der Waals surface area contributed by atoms with Crippen LogP contribution in [0.3, 0.4) is 0 Å². The van der Waals surface area contributed by atoms with Crippen LogP contribution < -0.4 is 10.2 Å². The highest BCUT2D eigenvalue weighted by Crippen LogP contribution is 2.27. The molecule has 0 spiro atoms. The van der Waals surface area contributed by atoms with Crippen LogP contribution >= 0.6 is 11.6 Å². The molecule has 0 heterocycles. The van der Waals surface area contributed by atoms with Gasteiger partial charge in [-0.1, -0.05) is 31.5 Å². The van der Waals surface area contributed by atoms with E-state index in [0.717, 1.165) is 37.6 Å². The van der Waals surface area contributed by atoms with Crippen molar-refractivity contribution < 1.29 is 0 Å². The van der Waals surface area contributed by atoms with Crippen LogP contribution in [0, 0.1) is 0 Å². The van der Waals surface area contributed by atoms with E-state index in [1.165, 1.54) is 11.3 Å². The van der Waals surface area contributed by atoms with E-state index in [1.807, 2.05) is 12.1 Å². The van der Waals surface area contributed by atoms with Crippen molar-refractivity contribution in [3.8, 4) is 0 Å². The third-order valence-electron chi connectivity index (χ3n) is 3.54. The minimum atomic E-state index is 0.456. The smallest absolute Gasteiger partial charge is 0.0471 e. The summed E-state index contributed by atoms with van der Waals surface area (Å²) in [7, 11) is 4.24. The zero-order chi connectivity index (χ0) is 15.8. The summed E-state index contributed by atoms with van der Waals surface area (Å²) in [4.78, 5) is 4.65. The van der Waals surface area contributed by atoms with Crippen molar-refractivity contribution in [2.24, 2.45) is 0 Å². The van der Waals surface area contributed by atoms with E-state index < -0.39 is 0 Å². The Morgan fingerprint density at radius 3 is 2.48 bits per heavy atom. The van der Waals surface area contributed by atoms with E-state index in [1.54, 1.807) is 0 Å². The topological polar surface area (TPSA) is 18.5 Å². The van der Waals surface area contributed by atoms with Gasteiger partial charge in [-0.25, -0.2) is 0 Å². The maximum atomic E-state index is 6.42. The maximum Gasteiger partial charge on any atom is 0.0471 e. The minimum absolute atomic E-state index is 0.456. The van der Waals surface area contributed by atoms with Crippen LogP contribution in [-0.2, 0) is 6.54 Å². The van der Waals surface area contributed by atoms with E-state index in [-0.39, 0.29) is 0 Å². The number of anilines is 1. The average Bonchev–Trinajstić information content (AvgIpc) is 2.41. The molecule has 0 unspecified atom stereocenters. The summed E-state index contributed by atoms with van der Waals surface area (Å²) in [6, 6.07) is 6.67. The van der Waals surface area contributed by atoms with Gasteiger partial charge in [0.2, 0.25) is 0 Å². The molecule has 0 atom stereocenters. The van der Waals surface area contributed by atoms with E-state index in [2.05, 4.69) is 56.0 Å². The van der Waals surface area contributed by atoms with Gasteiger partial charge in [-0.05, 0) is 46.1 Å². The molecule has 1 rings (SSSR count). The van der Waals surface area contributed by atoms with E-state index in [0.29, 0.717) is 6.04 Å². The first-order valence-corrected chi connectivity index (χ1v) is 8.24. The summed E-state index contributed by atoms with van der Waals surface area (Å²) in [5, 5.41) is 4.33. The molecule has 0 radical (unpaired) electrons. The highest BCUT2D eigenvalue weighted by atomic mass is 35.5. The van der Waals surface area contributed by atoms with E-state index >= 15 is 0 Å². The molecule has 0 saturated carbocycles. The first kappa shape index (κ1) is 18.3. The Balaban J connectivity index is 2.84. The van der Waals surface area contributed by atoms with Crippen molar-refractivity contribution >= 4 is 17.3 Å². The monoisotopic (exact) mass is 311 g/mol. The second kappa shape index (κ2) is 9.29. The molecule has 0 aromatic heterocycles. The Morgan fingerprint density at radius 2 is 1.90 bits per heavy atom. The molecule has 0 saturated heterocycles. The minimum Gasteiger partial charge on any atom is -0.371 e. The molecule has 0 fully saturated rings. The van der Waals surface area contributed by atoms with Crippen molar-refractivity contribution in [3.63, 3.8) is 0 Å². The third-order valence-corrected chi connectivity index (χ3v) is 3.89. The highest BCUT2D eigenvalue weighted by molar-refractivity contribution is 6.31. The lowest BCUT2D eigenvalue weighted by Gasteiger charge is -2.27. The van der Waals surface area contributed by atoms with Crippen LogP contribution in [0.15, 0.2) is 18.2 Å². The van der Waals surface area contributed by atoms with Gasteiger partial charge in [0.15, 0.2) is 0 Å². The van der Waals surface area contributed by atoms with Crippen molar-refractivity contribution in [2.75, 3.05) is 38.6 Å². The van der Waals surface area contributed by atoms with Gasteiger partial charge in [-0.15, -0.1) is 0 Å². The number of hydrogen-bond donors (Lipinski definition) is 1. The number of benzene rings is 1. The van der Waals surface area contributed by atoms with Gasteiger partial charge in [0.1, 0.15) is 0 Å². The predicted molar refractivity (Wildman–Crippen MR) is 94.5 cm³/mol. The Bertz CT molecular complexity index is 418. The van der Waals surface area contributed by atoms with Crippen LogP contribution in [0.4, 0.5) is 5.69 Å². The van der Waals surface area contributed by atoms with Crippen molar-refractivity contribution in [3.05, 3.63) is 28.8 Å². The van der Waals surface area contributed by atoms with Crippen LogP contribution in [0.25, 0.3) is 0 Å². The Morgan fingerprint density at radius 1 is 1.19 bits per heavy atom. The lowest BCUT2D eigenvalue weighted by Crippen LogP contribution is -2.29. The molecule has 3 nitrogen and oxygen atoms in total. The van der Waals surface area contributed by atoms with Gasteiger partial charge in [0.05, 0.1) is 0 Å². The van der Waals surface area contributed by atoms with Gasteiger partial charge >= 0.3 is 0 Å². The second-order valence-corrected chi connectivity index (χ2v) is 6.42. The van der Waals surface area contributed by atoms with Crippen molar-refractivity contribution in [2.45, 2.75) is 39.8 Å². The highest BCUT2D eigenvalue weighted by Gasteiger charge is 2.13. The standard InChI is InChI=1S/C17H30ClN3/c1-6-21(12-8-11-20(4)5)17-10-7-9-16(18)15(17)13-19-14(2)3/h7,9-10,14,19H,6,8,11-13H2,1-5H3. The molecule has 0 aliphatic heterocycles. The molecule has 120 valence electrons. The van der Waals surface area contributed by atoms with Gasteiger partial charge < -0.3 is 15.1 Å². The van der Waals surface area contributed by atoms with Gasteiger partial charge in [-0.2, -0.15) is 0 Å². The number of nitrogens with one attached hydrogen (secondary N) is 1. The Labute approximate surface area is 135 Å². The zero-order valence-corrected chi connectivity index (χ0v) is 14.9. The van der Waals surface area contributed by atoms with E-state index in [4.69, 9.17) is 11.6 Å². The van der Waals surface area contributed by atoms with Crippen LogP contribution in [0.5, 0.6) is 0 Å². The van der Waals surface area contributed by atoms with Gasteiger partial charge in [-0.3, -0.25) is 0 Å². The normalized spacial score (nSPS) is 11.4. The molecule has 1 aromatic rings. The molecule has 21 heavy (non-hydrogen) atoms. The largest absolute Gasteiger partial charge is 0.371 e. The quantitative estimate of drug-likeness (QED) is 0.751. The first-order valence-electron chi connectivity index (χ1n) is 7.86. The summed E-state index contributed by atoms with van der Waals surface area (Å²) < 4.78 is 0. The molecular weight excluding hydrogens is 282 g/mol. The Hall–Kier alpha value is -0.770. The summed E-state index contributed by atoms with van der Waals surface area (Å²) in [5.41, 5.74) is 2.47. The zero-order valence-electron chi connectivity index (χ0n) is 14.1. The Kier molecular flexibility index (Phi) is 8.09. The second-order valence-electron chi connectivity index (χ2n) is 6.01. The van der Waals surface area contributed by atoms with Gasteiger partial charge in [0.25, 0.3) is 0 Å². The molecule has 4 heteroatoms. The lowest BCUT2D eigenvalue weighted by atomic mass is 10.1. The fraction of sp³-hybridized carbons (Fsp3) is 0.647. The number of rotatable bonds is 9. The number of halogens is 1. The van der Waals surface area contributed by atoms with E-state index in [9.17, 15) is 0 Å². The third kappa shape index (κ3) is 6.25. The van der Waals surface area contributed by atoms with Crippen LogP contribution in [0.2, 0.25) is 5.02 Å². The molecule has 0 amide bonds. The predicted octanol–water partition coefficient (Wildman–Crippen LogP) is 3.62. The summed E-state index contributed by atoms with van der Waals surface area (Å²) >= 11 is 6.42. The average molecular weight is 312 g/mol. The molecule has 1 aromatic carbocycles. The van der Waals surface area contributed by atoms with Crippen LogP contribution in [0.1, 0.15) is 32.8 Å². The summed E-state index contributed by atoms with van der Waals surface area (Å²) in [5.74, 6) is 0. The molecule has 1 N–H and O–H groups in total. The molecule has 0 aliphatic rings. The van der Waals surface area contributed by atoms with Crippen LogP contribution in [-0.4, -0.2) is 44.7 Å².